The number of carbonyl (C=O) groups excluding carboxylic acids is 3. The number of hydrogen-bond acceptors (Lipinski definition) is 12. The van der Waals surface area contributed by atoms with Gasteiger partial charge in [-0.25, -0.2) is 0 Å². The molecule has 104 heavy (non-hydrogen) atoms. The predicted molar refractivity (Wildman–Crippen MR) is 405 cm³/mol. The van der Waals surface area contributed by atoms with Gasteiger partial charge in [-0.2, -0.15) is 8.42 Å². The van der Waals surface area contributed by atoms with E-state index in [-0.39, 0.29) is 82.4 Å². The van der Waals surface area contributed by atoms with Crippen LogP contribution < -0.4 is 45.5 Å². The summed E-state index contributed by atoms with van der Waals surface area (Å²) in [4.78, 5) is 42.6. The molecule has 18 nitrogen and oxygen atoms in total. The van der Waals surface area contributed by atoms with Gasteiger partial charge in [0.15, 0.2) is 0 Å². The van der Waals surface area contributed by atoms with E-state index in [4.69, 9.17) is 23.7 Å². The van der Waals surface area contributed by atoms with Crippen LogP contribution >= 0.6 is 0 Å². The average Bonchev–Trinajstić information content (AvgIpc) is 1.55. The van der Waals surface area contributed by atoms with Crippen LogP contribution in [0.2, 0.25) is 0 Å². The first kappa shape index (κ1) is 72.4. The van der Waals surface area contributed by atoms with Crippen LogP contribution in [0.1, 0.15) is 142 Å². The minimum absolute atomic E-state index is 0. The second-order valence-electron chi connectivity index (χ2n) is 27.5. The summed E-state index contributed by atoms with van der Waals surface area (Å²) in [5.74, 6) is 0.105. The number of nitrogens with zero attached hydrogens (tertiary/aromatic N) is 2. The molecule has 8 aliphatic rings. The van der Waals surface area contributed by atoms with Crippen molar-refractivity contribution in [2.24, 2.45) is 0 Å². The van der Waals surface area contributed by atoms with E-state index in [9.17, 15) is 27.9 Å². The fraction of sp³-hybridized carbons (Fsp3) is 0.321. The van der Waals surface area contributed by atoms with Crippen LogP contribution in [0.4, 0.5) is 0 Å². The molecule has 3 atom stereocenters. The predicted octanol–water partition coefficient (Wildman–Crippen LogP) is 11.5. The molecule has 3 unspecified atom stereocenters. The maximum Gasteiger partial charge on any atom is 1.00 e. The monoisotopic (exact) mass is 1430 g/mol. The van der Waals surface area contributed by atoms with E-state index in [1.165, 1.54) is 82.6 Å². The average molecular weight is 1430 g/mol. The van der Waals surface area contributed by atoms with Gasteiger partial charge in [-0.3, -0.25) is 18.6 Å². The molecule has 2 saturated heterocycles. The summed E-state index contributed by atoms with van der Waals surface area (Å²) < 4.78 is 57.0. The molecular weight excluding hydrogens is 1340 g/mol. The molecule has 2 fully saturated rings. The Bertz CT molecular complexity index is 5410. The molecule has 0 saturated carbocycles. The van der Waals surface area contributed by atoms with Gasteiger partial charge in [-0.05, 0) is 148 Å². The normalized spacial score (nSPS) is 16.4. The van der Waals surface area contributed by atoms with Gasteiger partial charge < -0.3 is 60.3 Å². The molecule has 8 heterocycles. The number of ether oxygens (including phenoxy) is 5. The van der Waals surface area contributed by atoms with E-state index in [1.54, 1.807) is 0 Å². The zero-order valence-electron chi connectivity index (χ0n) is 59.1. The number of nitrogens with one attached hydrogen (secondary N) is 4. The number of hydrogen-bond donors (Lipinski definition) is 5. The zero-order valence-corrected chi connectivity index (χ0v) is 60.9. The van der Waals surface area contributed by atoms with E-state index >= 15 is 0 Å². The molecule has 3 aromatic heterocycles. The Morgan fingerprint density at radius 1 is 0.529 bits per heavy atom. The molecule has 3 aliphatic carbocycles. The number of fused-ring (bicyclic) bond motifs is 30. The van der Waals surface area contributed by atoms with Gasteiger partial charge in [0.05, 0.1) is 97.9 Å². The maximum absolute atomic E-state index is 13.1. The van der Waals surface area contributed by atoms with E-state index in [1.807, 2.05) is 33.8 Å². The smallest absolute Gasteiger partial charge is 1.00 e. The number of aliphatic hydroxyl groups is 1. The van der Waals surface area contributed by atoms with Crippen molar-refractivity contribution >= 4 is 93.3 Å². The molecule has 3 amide bonds. The Morgan fingerprint density at radius 3 is 1.38 bits per heavy atom. The van der Waals surface area contributed by atoms with Gasteiger partial charge in [0.25, 0.3) is 27.8 Å². The van der Waals surface area contributed by atoms with E-state index in [0.717, 1.165) is 138 Å². The summed E-state index contributed by atoms with van der Waals surface area (Å²) in [6.07, 6.45) is 3.34. The van der Waals surface area contributed by atoms with Gasteiger partial charge in [0.2, 0.25) is 0 Å². The Labute approximate surface area is 628 Å². The minimum Gasteiger partial charge on any atom is -1.00 e. The van der Waals surface area contributed by atoms with Crippen molar-refractivity contribution in [1.29, 1.82) is 0 Å². The van der Waals surface area contributed by atoms with Gasteiger partial charge in [-0.1, -0.05) is 106 Å². The molecule has 0 spiro atoms. The van der Waals surface area contributed by atoms with E-state index in [0.29, 0.717) is 72.4 Å². The van der Waals surface area contributed by atoms with Crippen LogP contribution in [-0.4, -0.2) is 110 Å². The zero-order chi connectivity index (χ0) is 69.1. The molecule has 20 rings (SSSR count). The van der Waals surface area contributed by atoms with Gasteiger partial charge >= 0.3 is 29.6 Å². The molecule has 20 heteroatoms. The number of rotatable bonds is 16. The van der Waals surface area contributed by atoms with Crippen molar-refractivity contribution in [2.45, 2.75) is 133 Å². The third kappa shape index (κ3) is 12.7. The van der Waals surface area contributed by atoms with E-state index < -0.39 is 16.2 Å². The van der Waals surface area contributed by atoms with Crippen LogP contribution in [0.5, 0.6) is 0 Å². The molecule has 532 valence electrons. The quantitative estimate of drug-likeness (QED) is 0.0346. The number of aliphatic hydroxyl groups excluding tert-OH is 1. The van der Waals surface area contributed by atoms with Gasteiger partial charge in [-0.15, -0.1) is 0 Å². The second kappa shape index (κ2) is 29.1. The van der Waals surface area contributed by atoms with Crippen LogP contribution in [0.3, 0.4) is 0 Å². The van der Waals surface area contributed by atoms with Crippen LogP contribution in [-0.2, 0) is 110 Å². The molecule has 0 radical (unpaired) electrons. The molecule has 0 bridgehead atoms. The first-order chi connectivity index (χ1) is 49.2. The Hall–Kier alpha value is -8.54. The van der Waals surface area contributed by atoms with E-state index in [2.05, 4.69) is 156 Å². The number of amides is 3. The summed E-state index contributed by atoms with van der Waals surface area (Å²) in [6.45, 7) is 16.3. The number of epoxide rings is 2. The standard InChI is InChI=1S/C27H24N2O3.C27H26N2O3.C24H20N2O2.C4H8O4S.2CH4.Na.H/c1-2-31-13-15-7-8-22-19(9-15)24-21-11-28-27(30)25(21)23-18-6-4-3-5-16(18)10-20(23)26(24)29(22)12-17-14-32-17;1-3-32-14-16-8-9-22-19(10-16)24-21-12-28-27(31)25(21)23-18-7-5-4-6-17(18)11-20(23)26(24)29(22)13-15(2)30;1-2-28-12-13-7-8-19-16(9-13)21-18-11-25-24(27)22(18)20-15-6-4-3-5-14(15)10-17(20)23(21)26-19;1-9(5,6)8-3-4-2-7-4;;;;/h3-9,17H,2,10-14H2,1H3,(H,28,30);4-10,15,30H,3,11-14H2,1-2H3,(H,28,31);3-9,26H,2,10-12H2,1H3,(H,25,27);4H,2-3H2,1H3;2*1H4;;/q;;;;;;+1;-1. The van der Waals surface area contributed by atoms with Crippen molar-refractivity contribution in [1.82, 2.24) is 30.1 Å². The van der Waals surface area contributed by atoms with Crippen LogP contribution in [0.25, 0.3) is 98.8 Å². The number of aromatic nitrogens is 3. The van der Waals surface area contributed by atoms with Crippen LogP contribution in [0, 0.1) is 0 Å². The summed E-state index contributed by atoms with van der Waals surface area (Å²) in [5, 5.41) is 26.7. The third-order valence-corrected chi connectivity index (χ3v) is 21.5. The third-order valence-electron chi connectivity index (χ3n) is 20.9. The van der Waals surface area contributed by atoms with Crippen LogP contribution in [0.15, 0.2) is 127 Å². The molecular formula is C84H87N6NaO12S. The minimum atomic E-state index is -3.26. The Morgan fingerprint density at radius 2 is 0.933 bits per heavy atom. The molecule has 9 aromatic carbocycles. The van der Waals surface area contributed by atoms with Gasteiger partial charge in [0.1, 0.15) is 6.10 Å². The summed E-state index contributed by atoms with van der Waals surface area (Å²) in [5.41, 5.74) is 30.8. The number of carbonyl (C=O) groups is 3. The molecule has 12 aromatic rings. The van der Waals surface area contributed by atoms with Crippen molar-refractivity contribution in [3.8, 4) is 33.4 Å². The Balaban J connectivity index is 0.000000130. The van der Waals surface area contributed by atoms with Crippen molar-refractivity contribution in [3.63, 3.8) is 0 Å². The fourth-order valence-electron chi connectivity index (χ4n) is 16.6. The first-order valence-electron chi connectivity index (χ1n) is 35.1. The van der Waals surface area contributed by atoms with Gasteiger partial charge in [0, 0.05) is 131 Å². The van der Waals surface area contributed by atoms with Crippen molar-refractivity contribution < 1.29 is 86.8 Å². The SMILES string of the molecule is C.C.CCOCc1ccc2[nH]c3c4c(c5c(c3c2c1)CNC5=O)-c1ccccc1C4.CCOCc1ccc2c(c1)c1c3c(c4c(c1n2CC(C)O)Cc1ccccc1-4)C(=O)NC3.CCOCc1ccc2c(c1)c1c3c(c4c(c1n2CC1CO1)Cc1ccccc1-4)C(=O)NC3.CS(=O)(=O)OCC1CO1.[H-].[Na+]. The molecule has 5 N–H and O–H groups in total. The largest absolute Gasteiger partial charge is 1.00 e. The van der Waals surface area contributed by atoms with Crippen molar-refractivity contribution in [3.05, 3.63) is 211 Å². The summed E-state index contributed by atoms with van der Waals surface area (Å²) in [6, 6.07) is 44.9. The maximum atomic E-state index is 13.1. The topological polar surface area (TPSA) is 229 Å². The number of benzene rings is 9. The summed E-state index contributed by atoms with van der Waals surface area (Å²) >= 11 is 0. The summed E-state index contributed by atoms with van der Waals surface area (Å²) in [7, 11) is -3.26. The second-order valence-corrected chi connectivity index (χ2v) is 29.1. The molecule has 5 aliphatic heterocycles. The number of H-pyrrole nitrogens is 1. The number of aromatic amines is 1. The first-order valence-corrected chi connectivity index (χ1v) is 36.9. The fourth-order valence-corrected chi connectivity index (χ4v) is 17.0. The Kier molecular flexibility index (Phi) is 20.2. The van der Waals surface area contributed by atoms with Crippen molar-refractivity contribution in [2.75, 3.05) is 45.9 Å².